The topological polar surface area (TPSA) is 65.2 Å². The Balaban J connectivity index is 2.95. The Morgan fingerprint density at radius 2 is 2.17 bits per heavy atom. The average Bonchev–Trinajstić information content (AvgIpc) is 2.36. The van der Waals surface area contributed by atoms with Crippen molar-refractivity contribution in [2.75, 3.05) is 13.2 Å². The highest BCUT2D eigenvalue weighted by Crippen LogP contribution is 2.27. The second-order valence-corrected chi connectivity index (χ2v) is 4.51. The highest BCUT2D eigenvalue weighted by Gasteiger charge is 2.37. The molecule has 100 valence electrons. The molecule has 18 heavy (non-hydrogen) atoms. The highest BCUT2D eigenvalue weighted by atomic mass is 16.5. The van der Waals surface area contributed by atoms with Gasteiger partial charge in [-0.1, -0.05) is 13.0 Å². The van der Waals surface area contributed by atoms with Crippen LogP contribution in [0.5, 0.6) is 0 Å². The Hall–Kier alpha value is -1.42. The van der Waals surface area contributed by atoms with E-state index in [2.05, 4.69) is 4.98 Å². The summed E-state index contributed by atoms with van der Waals surface area (Å²) < 4.78 is 5.14. The van der Waals surface area contributed by atoms with Crippen molar-refractivity contribution in [3.05, 3.63) is 29.6 Å². The summed E-state index contributed by atoms with van der Waals surface area (Å²) in [5.74, 6) is -0.224. The molecule has 4 nitrogen and oxygen atoms in total. The molecular weight excluding hydrogens is 228 g/mol. The summed E-state index contributed by atoms with van der Waals surface area (Å²) in [5.41, 5.74) is 6.98. The lowest BCUT2D eigenvalue weighted by Crippen LogP contribution is -2.41. The Labute approximate surface area is 109 Å². The maximum absolute atomic E-state index is 12.1. The van der Waals surface area contributed by atoms with Crippen molar-refractivity contribution in [2.24, 2.45) is 11.1 Å². The van der Waals surface area contributed by atoms with E-state index in [0.717, 1.165) is 11.4 Å². The molecule has 0 aliphatic rings. The molecule has 0 aliphatic carbocycles. The van der Waals surface area contributed by atoms with Gasteiger partial charge in [0.25, 0.3) is 0 Å². The molecule has 1 rings (SSSR count). The first-order valence-corrected chi connectivity index (χ1v) is 6.37. The largest absolute Gasteiger partial charge is 0.466 e. The van der Waals surface area contributed by atoms with Crippen molar-refractivity contribution in [3.8, 4) is 0 Å². The zero-order valence-corrected chi connectivity index (χ0v) is 11.4. The fourth-order valence-corrected chi connectivity index (χ4v) is 1.97. The van der Waals surface area contributed by atoms with Crippen LogP contribution in [0.1, 0.15) is 31.7 Å². The average molecular weight is 250 g/mol. The second-order valence-electron chi connectivity index (χ2n) is 4.51. The summed E-state index contributed by atoms with van der Waals surface area (Å²) in [4.78, 5) is 16.5. The molecule has 0 fully saturated rings. The van der Waals surface area contributed by atoms with Gasteiger partial charge >= 0.3 is 5.97 Å². The van der Waals surface area contributed by atoms with Crippen LogP contribution in [0.3, 0.4) is 0 Å². The third kappa shape index (κ3) is 3.29. The summed E-state index contributed by atoms with van der Waals surface area (Å²) in [6.07, 6.45) is 1.18. The maximum Gasteiger partial charge on any atom is 0.313 e. The van der Waals surface area contributed by atoms with E-state index in [9.17, 15) is 4.79 Å². The standard InChI is InChI=1S/C14H22N2O2/c1-4-14(10-15,13(17)18-5-2)9-12-8-6-7-11(3)16-12/h6-8H,4-5,9-10,15H2,1-3H3. The zero-order chi connectivity index (χ0) is 13.6. The van der Waals surface area contributed by atoms with E-state index in [1.165, 1.54) is 0 Å². The summed E-state index contributed by atoms with van der Waals surface area (Å²) in [6, 6.07) is 5.80. The number of ether oxygens (including phenoxy) is 1. The van der Waals surface area contributed by atoms with Gasteiger partial charge in [0, 0.05) is 24.4 Å². The fourth-order valence-electron chi connectivity index (χ4n) is 1.97. The first-order valence-electron chi connectivity index (χ1n) is 6.37. The number of hydrogen-bond donors (Lipinski definition) is 1. The molecule has 4 heteroatoms. The number of aryl methyl sites for hydroxylation is 1. The van der Waals surface area contributed by atoms with E-state index in [0.29, 0.717) is 19.4 Å². The lowest BCUT2D eigenvalue weighted by Gasteiger charge is -2.28. The second kappa shape index (κ2) is 6.50. The minimum atomic E-state index is -0.656. The molecule has 1 unspecified atom stereocenters. The van der Waals surface area contributed by atoms with Gasteiger partial charge < -0.3 is 10.5 Å². The van der Waals surface area contributed by atoms with Crippen LogP contribution in [0.25, 0.3) is 0 Å². The van der Waals surface area contributed by atoms with Gasteiger partial charge in [0.05, 0.1) is 12.0 Å². The number of aromatic nitrogens is 1. The maximum atomic E-state index is 12.1. The summed E-state index contributed by atoms with van der Waals surface area (Å²) >= 11 is 0. The Morgan fingerprint density at radius 3 is 2.67 bits per heavy atom. The predicted molar refractivity (Wildman–Crippen MR) is 71.1 cm³/mol. The van der Waals surface area contributed by atoms with E-state index < -0.39 is 5.41 Å². The molecule has 1 aromatic rings. The molecule has 1 heterocycles. The van der Waals surface area contributed by atoms with Crippen LogP contribution in [0.4, 0.5) is 0 Å². The van der Waals surface area contributed by atoms with Crippen molar-refractivity contribution < 1.29 is 9.53 Å². The first kappa shape index (κ1) is 14.6. The highest BCUT2D eigenvalue weighted by molar-refractivity contribution is 5.77. The normalized spacial score (nSPS) is 14.0. The van der Waals surface area contributed by atoms with E-state index in [-0.39, 0.29) is 12.5 Å². The van der Waals surface area contributed by atoms with Gasteiger partial charge in [-0.3, -0.25) is 9.78 Å². The molecule has 0 spiro atoms. The molecule has 0 saturated heterocycles. The number of nitrogens with zero attached hydrogens (tertiary/aromatic N) is 1. The third-order valence-corrected chi connectivity index (χ3v) is 3.24. The molecule has 0 bridgehead atoms. The van der Waals surface area contributed by atoms with Crippen LogP contribution < -0.4 is 5.73 Å². The Morgan fingerprint density at radius 1 is 1.44 bits per heavy atom. The van der Waals surface area contributed by atoms with Crippen molar-refractivity contribution in [1.82, 2.24) is 4.98 Å². The van der Waals surface area contributed by atoms with Gasteiger partial charge in [0.1, 0.15) is 0 Å². The summed E-state index contributed by atoms with van der Waals surface area (Å²) in [6.45, 7) is 6.35. The summed E-state index contributed by atoms with van der Waals surface area (Å²) in [5, 5.41) is 0. The molecule has 0 amide bonds. The third-order valence-electron chi connectivity index (χ3n) is 3.24. The number of hydrogen-bond acceptors (Lipinski definition) is 4. The summed E-state index contributed by atoms with van der Waals surface area (Å²) in [7, 11) is 0. The van der Waals surface area contributed by atoms with Crippen LogP contribution in [0.15, 0.2) is 18.2 Å². The minimum absolute atomic E-state index is 0.224. The van der Waals surface area contributed by atoms with Gasteiger partial charge in [-0.05, 0) is 32.4 Å². The fraction of sp³-hybridized carbons (Fsp3) is 0.571. The Bertz CT molecular complexity index is 401. The molecule has 1 atom stereocenters. The van der Waals surface area contributed by atoms with E-state index in [1.54, 1.807) is 6.92 Å². The van der Waals surface area contributed by atoms with E-state index >= 15 is 0 Å². The van der Waals surface area contributed by atoms with Crippen molar-refractivity contribution in [2.45, 2.75) is 33.6 Å². The molecule has 0 radical (unpaired) electrons. The van der Waals surface area contributed by atoms with Gasteiger partial charge in [0.2, 0.25) is 0 Å². The zero-order valence-electron chi connectivity index (χ0n) is 11.4. The lowest BCUT2D eigenvalue weighted by molar-refractivity contribution is -0.155. The molecule has 0 saturated carbocycles. The quantitative estimate of drug-likeness (QED) is 0.782. The van der Waals surface area contributed by atoms with Crippen molar-refractivity contribution in [3.63, 3.8) is 0 Å². The van der Waals surface area contributed by atoms with E-state index in [1.807, 2.05) is 32.0 Å². The molecule has 1 aromatic heterocycles. The molecule has 0 aromatic carbocycles. The number of nitrogens with two attached hydrogens (primary N) is 1. The van der Waals surface area contributed by atoms with Gasteiger partial charge in [0.15, 0.2) is 0 Å². The number of carbonyl (C=O) groups is 1. The lowest BCUT2D eigenvalue weighted by atomic mass is 9.80. The predicted octanol–water partition coefficient (Wildman–Crippen LogP) is 1.85. The van der Waals surface area contributed by atoms with Crippen LogP contribution in [0.2, 0.25) is 0 Å². The van der Waals surface area contributed by atoms with Crippen LogP contribution >= 0.6 is 0 Å². The number of esters is 1. The molecule has 0 aliphatic heterocycles. The van der Waals surface area contributed by atoms with Crippen LogP contribution in [-0.2, 0) is 16.0 Å². The number of carbonyl (C=O) groups excluding carboxylic acids is 1. The first-order chi connectivity index (χ1) is 8.57. The number of rotatable bonds is 6. The van der Waals surface area contributed by atoms with Crippen LogP contribution in [0, 0.1) is 12.3 Å². The SMILES string of the molecule is CCOC(=O)C(CC)(CN)Cc1cccc(C)n1. The smallest absolute Gasteiger partial charge is 0.313 e. The molecule has 2 N–H and O–H groups in total. The van der Waals surface area contributed by atoms with Gasteiger partial charge in [-0.15, -0.1) is 0 Å². The van der Waals surface area contributed by atoms with Crippen molar-refractivity contribution in [1.29, 1.82) is 0 Å². The minimum Gasteiger partial charge on any atom is -0.466 e. The van der Waals surface area contributed by atoms with E-state index in [4.69, 9.17) is 10.5 Å². The van der Waals surface area contributed by atoms with Gasteiger partial charge in [-0.25, -0.2) is 0 Å². The van der Waals surface area contributed by atoms with Crippen LogP contribution in [-0.4, -0.2) is 24.1 Å². The van der Waals surface area contributed by atoms with Crippen molar-refractivity contribution >= 4 is 5.97 Å². The Kier molecular flexibility index (Phi) is 5.28. The monoisotopic (exact) mass is 250 g/mol. The number of pyridine rings is 1. The van der Waals surface area contributed by atoms with Gasteiger partial charge in [-0.2, -0.15) is 0 Å². The molecular formula is C14H22N2O2.